The number of allylic oxidation sites excluding steroid dienone is 10. The molecule has 1 N–H and O–H groups in total. The van der Waals surface area contributed by atoms with Gasteiger partial charge in [0.2, 0.25) is 0 Å². The van der Waals surface area contributed by atoms with Gasteiger partial charge in [0.1, 0.15) is 6.61 Å². The number of unbranched alkanes of at least 4 members (excludes halogenated alkanes) is 22. The third-order valence-electron chi connectivity index (χ3n) is 11.4. The molecule has 0 saturated heterocycles. The van der Waals surface area contributed by atoms with Crippen LogP contribution in [0.2, 0.25) is 0 Å². The normalized spacial score (nSPS) is 13.3. The van der Waals surface area contributed by atoms with Crippen LogP contribution in [0.4, 0.5) is 0 Å². The summed E-state index contributed by atoms with van der Waals surface area (Å²) in [5.74, 6) is -1.56. The monoisotopic (exact) mass is 885 g/mol. The lowest BCUT2D eigenvalue weighted by Gasteiger charge is -2.31. The minimum atomic E-state index is -0.883. The predicted octanol–water partition coefficient (Wildman–Crippen LogP) is 14.9. The van der Waals surface area contributed by atoms with E-state index in [9.17, 15) is 19.5 Å². The van der Waals surface area contributed by atoms with Crippen LogP contribution in [-0.4, -0.2) is 80.6 Å². The van der Waals surface area contributed by atoms with E-state index in [0.717, 1.165) is 51.4 Å². The first-order chi connectivity index (χ1) is 30.6. The van der Waals surface area contributed by atoms with Gasteiger partial charge < -0.3 is 23.8 Å². The summed E-state index contributed by atoms with van der Waals surface area (Å²) in [6, 6.07) is -0.626. The van der Waals surface area contributed by atoms with Crippen molar-refractivity contribution >= 4 is 17.9 Å². The zero-order valence-corrected chi connectivity index (χ0v) is 41.5. The van der Waals surface area contributed by atoms with E-state index in [2.05, 4.69) is 62.5 Å². The summed E-state index contributed by atoms with van der Waals surface area (Å²) in [6.07, 6.45) is 57.3. The standard InChI is InChI=1S/C55H97NO7/c1-6-8-10-12-14-16-18-20-22-24-25-26-27-28-29-30-32-34-36-38-40-42-44-46-54(58)63-51(49-61-48-47-52(55(59)60)56(3,4)5)50-62-53(57)45-43-41-39-37-35-33-31-23-21-19-17-15-13-11-9-7-2/h9,11,15,17,21,23,33,35,39,41,51-52H,6-8,10,12-14,16,18-20,22,24-32,34,36-38,40,42-50H2,1-5H3/p+1/b11-9+,17-15+,23-21+,35-33+,41-39+. The minimum Gasteiger partial charge on any atom is -0.477 e. The van der Waals surface area contributed by atoms with E-state index in [1.54, 1.807) is 0 Å². The number of ether oxygens (including phenoxy) is 3. The first-order valence-corrected chi connectivity index (χ1v) is 25.8. The summed E-state index contributed by atoms with van der Waals surface area (Å²) < 4.78 is 17.3. The molecule has 8 nitrogen and oxygen atoms in total. The van der Waals surface area contributed by atoms with Gasteiger partial charge in [-0.1, -0.05) is 216 Å². The van der Waals surface area contributed by atoms with Crippen LogP contribution in [0.1, 0.15) is 219 Å². The maximum atomic E-state index is 12.8. The number of esters is 2. The first-order valence-electron chi connectivity index (χ1n) is 25.8. The Balaban J connectivity index is 4.27. The molecule has 0 rings (SSSR count). The van der Waals surface area contributed by atoms with E-state index in [4.69, 9.17) is 14.2 Å². The number of quaternary nitrogens is 1. The number of aliphatic carboxylic acids is 1. The molecule has 0 fully saturated rings. The van der Waals surface area contributed by atoms with E-state index < -0.39 is 18.1 Å². The molecule has 63 heavy (non-hydrogen) atoms. The Morgan fingerprint density at radius 1 is 0.492 bits per heavy atom. The number of nitrogens with zero attached hydrogens (tertiary/aromatic N) is 1. The molecule has 0 aromatic heterocycles. The fraction of sp³-hybridized carbons (Fsp3) is 0.764. The van der Waals surface area contributed by atoms with Crippen LogP contribution < -0.4 is 0 Å². The highest BCUT2D eigenvalue weighted by Gasteiger charge is 2.31. The molecule has 0 spiro atoms. The molecule has 2 atom stereocenters. The van der Waals surface area contributed by atoms with Crippen molar-refractivity contribution in [1.29, 1.82) is 0 Å². The number of carboxylic acids is 1. The van der Waals surface area contributed by atoms with Crippen LogP contribution in [0.25, 0.3) is 0 Å². The van der Waals surface area contributed by atoms with Crippen LogP contribution in [0.5, 0.6) is 0 Å². The zero-order chi connectivity index (χ0) is 46.3. The van der Waals surface area contributed by atoms with Crippen molar-refractivity contribution in [2.45, 2.75) is 231 Å². The average molecular weight is 885 g/mol. The van der Waals surface area contributed by atoms with Crippen molar-refractivity contribution in [3.63, 3.8) is 0 Å². The number of hydrogen-bond acceptors (Lipinski definition) is 6. The van der Waals surface area contributed by atoms with Gasteiger partial charge >= 0.3 is 17.9 Å². The molecule has 2 unspecified atom stereocenters. The van der Waals surface area contributed by atoms with Crippen LogP contribution in [0.3, 0.4) is 0 Å². The SMILES string of the molecule is CC/C=C/C/C=C/C/C=C/C/C=C/C/C=C/CCC(=O)OCC(COCCC(C(=O)O)[N+](C)(C)C)OC(=O)CCCCCCCCCCCCCCCCCCCCCCCCC. The molecule has 0 aliphatic heterocycles. The van der Waals surface area contributed by atoms with Gasteiger partial charge in [-0.05, 0) is 44.9 Å². The molecule has 0 aliphatic rings. The maximum absolute atomic E-state index is 12.8. The van der Waals surface area contributed by atoms with Gasteiger partial charge in [-0.15, -0.1) is 0 Å². The third-order valence-corrected chi connectivity index (χ3v) is 11.4. The highest BCUT2D eigenvalue weighted by Crippen LogP contribution is 2.16. The van der Waals surface area contributed by atoms with Crippen molar-refractivity contribution in [3.05, 3.63) is 60.8 Å². The number of carbonyl (C=O) groups excluding carboxylic acids is 2. The maximum Gasteiger partial charge on any atom is 0.362 e. The summed E-state index contributed by atoms with van der Waals surface area (Å²) in [7, 11) is 5.51. The lowest BCUT2D eigenvalue weighted by atomic mass is 10.0. The molecule has 0 amide bonds. The molecule has 0 aliphatic carbocycles. The molecule has 0 aromatic rings. The molecule has 364 valence electrons. The molecule has 0 radical (unpaired) electrons. The Hall–Kier alpha value is -2.97. The zero-order valence-electron chi connectivity index (χ0n) is 41.5. The van der Waals surface area contributed by atoms with E-state index in [1.165, 1.54) is 128 Å². The van der Waals surface area contributed by atoms with Crippen LogP contribution in [0.15, 0.2) is 60.8 Å². The fourth-order valence-electron chi connectivity index (χ4n) is 7.50. The Morgan fingerprint density at radius 3 is 1.29 bits per heavy atom. The Kier molecular flexibility index (Phi) is 43.4. The summed E-state index contributed by atoms with van der Waals surface area (Å²) >= 11 is 0. The predicted molar refractivity (Wildman–Crippen MR) is 266 cm³/mol. The molecule has 0 aromatic carbocycles. The van der Waals surface area contributed by atoms with Crippen LogP contribution in [0, 0.1) is 0 Å². The molecule has 0 heterocycles. The van der Waals surface area contributed by atoms with Gasteiger partial charge in [0, 0.05) is 19.3 Å². The van der Waals surface area contributed by atoms with Gasteiger partial charge in [-0.3, -0.25) is 9.59 Å². The highest BCUT2D eigenvalue weighted by molar-refractivity contribution is 5.72. The second-order valence-electron chi connectivity index (χ2n) is 18.4. The number of hydrogen-bond donors (Lipinski definition) is 1. The van der Waals surface area contributed by atoms with Crippen molar-refractivity contribution in [3.8, 4) is 0 Å². The lowest BCUT2D eigenvalue weighted by Crippen LogP contribution is -2.50. The Morgan fingerprint density at radius 2 is 0.889 bits per heavy atom. The topological polar surface area (TPSA) is 99.1 Å². The van der Waals surface area contributed by atoms with Gasteiger partial charge in [0.15, 0.2) is 12.1 Å². The third kappa shape index (κ3) is 44.0. The van der Waals surface area contributed by atoms with E-state index in [1.807, 2.05) is 33.3 Å². The molecule has 0 saturated carbocycles. The van der Waals surface area contributed by atoms with Crippen molar-refractivity contribution in [2.24, 2.45) is 0 Å². The summed E-state index contributed by atoms with van der Waals surface area (Å²) in [5, 5.41) is 9.65. The molecule has 0 bridgehead atoms. The smallest absolute Gasteiger partial charge is 0.362 e. The van der Waals surface area contributed by atoms with E-state index >= 15 is 0 Å². The van der Waals surface area contributed by atoms with Gasteiger partial charge in [-0.25, -0.2) is 4.79 Å². The number of carbonyl (C=O) groups is 3. The lowest BCUT2D eigenvalue weighted by molar-refractivity contribution is -0.887. The number of rotatable bonds is 46. The summed E-state index contributed by atoms with van der Waals surface area (Å²) in [6.45, 7) is 4.57. The Labute approximate surface area is 388 Å². The molecule has 8 heteroatoms. The van der Waals surface area contributed by atoms with Crippen LogP contribution in [-0.2, 0) is 28.6 Å². The fourth-order valence-corrected chi connectivity index (χ4v) is 7.50. The van der Waals surface area contributed by atoms with Crippen molar-refractivity contribution in [1.82, 2.24) is 0 Å². The van der Waals surface area contributed by atoms with Crippen molar-refractivity contribution < 1.29 is 38.2 Å². The van der Waals surface area contributed by atoms with Crippen LogP contribution >= 0.6 is 0 Å². The Bertz CT molecular complexity index is 1210. The van der Waals surface area contributed by atoms with Crippen molar-refractivity contribution in [2.75, 3.05) is 41.0 Å². The number of carboxylic acid groups (broad SMARTS) is 1. The second-order valence-corrected chi connectivity index (χ2v) is 18.4. The second kappa shape index (κ2) is 45.6. The molecular formula is C55H98NO7+. The summed E-state index contributed by atoms with van der Waals surface area (Å²) in [5.41, 5.74) is 0. The number of likely N-dealkylation sites (N-methyl/N-ethyl adjacent to an activating group) is 1. The summed E-state index contributed by atoms with van der Waals surface area (Å²) in [4.78, 5) is 37.1. The van der Waals surface area contributed by atoms with Gasteiger partial charge in [0.05, 0.1) is 34.4 Å². The average Bonchev–Trinajstić information content (AvgIpc) is 3.24. The van der Waals surface area contributed by atoms with Gasteiger partial charge in [-0.2, -0.15) is 0 Å². The highest BCUT2D eigenvalue weighted by atomic mass is 16.6. The van der Waals surface area contributed by atoms with E-state index in [-0.39, 0.29) is 42.7 Å². The van der Waals surface area contributed by atoms with E-state index in [0.29, 0.717) is 19.3 Å². The quantitative estimate of drug-likeness (QED) is 0.0281. The minimum absolute atomic E-state index is 0.0384. The van der Waals surface area contributed by atoms with Gasteiger partial charge in [0.25, 0.3) is 0 Å². The largest absolute Gasteiger partial charge is 0.477 e. The molecular weight excluding hydrogens is 787 g/mol. The first kappa shape index (κ1) is 60.0.